The van der Waals surface area contributed by atoms with E-state index in [1.807, 2.05) is 50.2 Å². The Kier molecular flexibility index (Phi) is 7.93. The fourth-order valence-electron chi connectivity index (χ4n) is 4.68. The van der Waals surface area contributed by atoms with Crippen molar-refractivity contribution >= 4 is 17.7 Å². The van der Waals surface area contributed by atoms with Crippen molar-refractivity contribution in [3.63, 3.8) is 0 Å². The number of carboxylic acid groups (broad SMARTS) is 1. The van der Waals surface area contributed by atoms with Crippen LogP contribution in [0.5, 0.6) is 11.5 Å². The number of hydrogen-bond acceptors (Lipinski definition) is 5. The van der Waals surface area contributed by atoms with Gasteiger partial charge in [0.25, 0.3) is 0 Å². The highest BCUT2D eigenvalue weighted by molar-refractivity contribution is 8.00. The topological polar surface area (TPSA) is 73.6 Å². The third-order valence-corrected chi connectivity index (χ3v) is 8.21. The van der Waals surface area contributed by atoms with Crippen LogP contribution in [0.25, 0.3) is 16.9 Å². The molecule has 0 bridgehead atoms. The molecule has 0 radical (unpaired) electrons. The molecule has 0 saturated heterocycles. The molecule has 1 heterocycles. The van der Waals surface area contributed by atoms with Crippen LogP contribution in [0.15, 0.2) is 66.9 Å². The molecule has 6 nitrogen and oxygen atoms in total. The van der Waals surface area contributed by atoms with Gasteiger partial charge >= 0.3 is 5.97 Å². The lowest BCUT2D eigenvalue weighted by Gasteiger charge is -2.16. The van der Waals surface area contributed by atoms with E-state index in [9.17, 15) is 9.90 Å². The zero-order chi connectivity index (χ0) is 27.5. The smallest absolute Gasteiger partial charge is 0.304 e. The quantitative estimate of drug-likeness (QED) is 0.213. The Hall–Kier alpha value is -3.78. The summed E-state index contributed by atoms with van der Waals surface area (Å²) >= 11 is 1.73. The molecule has 3 aromatic carbocycles. The first kappa shape index (κ1) is 26.8. The average Bonchev–Trinajstić information content (AvgIpc) is 3.62. The minimum Gasteiger partial charge on any atom is -0.497 e. The van der Waals surface area contributed by atoms with Gasteiger partial charge < -0.3 is 14.6 Å². The van der Waals surface area contributed by atoms with Crippen LogP contribution in [0.2, 0.25) is 0 Å². The van der Waals surface area contributed by atoms with Gasteiger partial charge in [-0.25, -0.2) is 9.07 Å². The number of aromatic nitrogens is 2. The van der Waals surface area contributed by atoms with Crippen molar-refractivity contribution < 1.29 is 23.8 Å². The van der Waals surface area contributed by atoms with E-state index in [-0.39, 0.29) is 24.0 Å². The molecule has 1 aromatic heterocycles. The van der Waals surface area contributed by atoms with Gasteiger partial charge in [-0.2, -0.15) is 5.10 Å². The van der Waals surface area contributed by atoms with Crippen molar-refractivity contribution in [3.8, 4) is 28.4 Å². The fourth-order valence-corrected chi connectivity index (χ4v) is 6.09. The predicted octanol–water partition coefficient (Wildman–Crippen LogP) is 7.29. The number of aryl methyl sites for hydroxylation is 2. The van der Waals surface area contributed by atoms with Crippen molar-refractivity contribution in [1.29, 1.82) is 0 Å². The minimum atomic E-state index is -0.810. The van der Waals surface area contributed by atoms with Gasteiger partial charge in [0.15, 0.2) is 0 Å². The number of hydrogen-bond donors (Lipinski definition) is 1. The summed E-state index contributed by atoms with van der Waals surface area (Å²) in [5.41, 5.74) is 5.82. The number of carbonyl (C=O) groups is 1. The number of carboxylic acids is 1. The molecule has 0 amide bonds. The first-order chi connectivity index (χ1) is 18.8. The molecule has 1 N–H and O–H groups in total. The number of benzene rings is 3. The van der Waals surface area contributed by atoms with E-state index in [4.69, 9.17) is 9.47 Å². The zero-order valence-corrected chi connectivity index (χ0v) is 23.0. The Morgan fingerprint density at radius 1 is 1.10 bits per heavy atom. The number of thioether (sulfide) groups is 1. The summed E-state index contributed by atoms with van der Waals surface area (Å²) in [6.45, 7) is 4.26. The normalized spacial score (nSPS) is 13.7. The first-order valence-corrected chi connectivity index (χ1v) is 13.8. The standard InChI is InChI=1S/C31H31FN2O4S/c1-19-11-20(2)13-22(12-19)31-23(17-33-34(31)28-15-24(37-3)7-10-27(28)32)18-38-25-6-4-5-21(14-25)29(16-30(35)36)39-26-8-9-26/h4-7,10-15,17,26,29H,8-9,16,18H2,1-3H3,(H,35,36). The maximum atomic E-state index is 15.0. The molecule has 1 unspecified atom stereocenters. The van der Waals surface area contributed by atoms with Crippen LogP contribution >= 0.6 is 11.8 Å². The third kappa shape index (κ3) is 6.45. The zero-order valence-electron chi connectivity index (χ0n) is 22.2. The second-order valence-electron chi connectivity index (χ2n) is 9.91. The van der Waals surface area contributed by atoms with Gasteiger partial charge in [0.1, 0.15) is 29.6 Å². The summed E-state index contributed by atoms with van der Waals surface area (Å²) < 4.78 is 28.2. The maximum Gasteiger partial charge on any atom is 0.304 e. The van der Waals surface area contributed by atoms with Crippen LogP contribution < -0.4 is 9.47 Å². The first-order valence-electron chi connectivity index (χ1n) is 12.9. The third-order valence-electron chi connectivity index (χ3n) is 6.59. The van der Waals surface area contributed by atoms with E-state index in [1.54, 1.807) is 41.9 Å². The summed E-state index contributed by atoms with van der Waals surface area (Å²) in [5, 5.41) is 14.4. The van der Waals surface area contributed by atoms with Crippen LogP contribution in [-0.2, 0) is 11.4 Å². The molecule has 5 rings (SSSR count). The number of methoxy groups -OCH3 is 1. The van der Waals surface area contributed by atoms with Gasteiger partial charge in [0, 0.05) is 27.7 Å². The molecular weight excluding hydrogens is 515 g/mol. The van der Waals surface area contributed by atoms with E-state index in [0.717, 1.165) is 46.4 Å². The summed E-state index contributed by atoms with van der Waals surface area (Å²) in [6, 6.07) is 18.4. The van der Waals surface area contributed by atoms with Gasteiger partial charge in [0.05, 0.1) is 25.4 Å². The summed E-state index contributed by atoms with van der Waals surface area (Å²) in [6.07, 6.45) is 4.04. The molecule has 0 spiro atoms. The lowest BCUT2D eigenvalue weighted by Crippen LogP contribution is -2.06. The Bertz CT molecular complexity index is 1480. The lowest BCUT2D eigenvalue weighted by atomic mass is 10.0. The second kappa shape index (κ2) is 11.5. The number of nitrogens with zero attached hydrogens (tertiary/aromatic N) is 2. The molecule has 1 aliphatic rings. The van der Waals surface area contributed by atoms with E-state index < -0.39 is 11.8 Å². The molecule has 1 fully saturated rings. The second-order valence-corrected chi connectivity index (χ2v) is 11.4. The Morgan fingerprint density at radius 3 is 2.56 bits per heavy atom. The number of ether oxygens (including phenoxy) is 2. The Morgan fingerprint density at radius 2 is 1.87 bits per heavy atom. The largest absolute Gasteiger partial charge is 0.497 e. The number of aliphatic carboxylic acids is 1. The molecule has 4 aromatic rings. The highest BCUT2D eigenvalue weighted by Gasteiger charge is 2.28. The molecule has 1 atom stereocenters. The minimum absolute atomic E-state index is 0.0698. The van der Waals surface area contributed by atoms with Gasteiger partial charge in [-0.15, -0.1) is 11.8 Å². The van der Waals surface area contributed by atoms with Crippen LogP contribution in [0, 0.1) is 19.7 Å². The predicted molar refractivity (Wildman–Crippen MR) is 151 cm³/mol. The van der Waals surface area contributed by atoms with Crippen molar-refractivity contribution in [2.24, 2.45) is 0 Å². The van der Waals surface area contributed by atoms with E-state index in [1.165, 1.54) is 6.07 Å². The number of rotatable bonds is 11. The van der Waals surface area contributed by atoms with E-state index in [2.05, 4.69) is 11.2 Å². The maximum absolute atomic E-state index is 15.0. The van der Waals surface area contributed by atoms with E-state index in [0.29, 0.717) is 16.7 Å². The Labute approximate surface area is 231 Å². The van der Waals surface area contributed by atoms with Gasteiger partial charge in [0.2, 0.25) is 0 Å². The van der Waals surface area contributed by atoms with Crippen molar-refractivity contribution in [3.05, 3.63) is 94.9 Å². The molecule has 202 valence electrons. The van der Waals surface area contributed by atoms with Crippen LogP contribution in [0.3, 0.4) is 0 Å². The average molecular weight is 547 g/mol. The van der Waals surface area contributed by atoms with Gasteiger partial charge in [-0.1, -0.05) is 29.3 Å². The molecule has 0 aliphatic heterocycles. The van der Waals surface area contributed by atoms with Crippen molar-refractivity contribution in [2.45, 2.75) is 50.2 Å². The van der Waals surface area contributed by atoms with Gasteiger partial charge in [-0.05, 0) is 68.7 Å². The van der Waals surface area contributed by atoms with Crippen LogP contribution in [0.4, 0.5) is 4.39 Å². The molecular formula is C31H31FN2O4S. The SMILES string of the molecule is COc1ccc(F)c(-n2ncc(COc3cccc(C(CC(=O)O)SC4CC4)c3)c2-c2cc(C)cc(C)c2)c1. The summed E-state index contributed by atoms with van der Waals surface area (Å²) in [7, 11) is 1.54. The van der Waals surface area contributed by atoms with Crippen molar-refractivity contribution in [1.82, 2.24) is 9.78 Å². The molecule has 8 heteroatoms. The number of halogens is 1. The van der Waals surface area contributed by atoms with Crippen molar-refractivity contribution in [2.75, 3.05) is 7.11 Å². The monoisotopic (exact) mass is 546 g/mol. The Balaban J connectivity index is 1.48. The van der Waals surface area contributed by atoms with Gasteiger partial charge in [-0.3, -0.25) is 4.79 Å². The van der Waals surface area contributed by atoms with Crippen LogP contribution in [0.1, 0.15) is 46.8 Å². The summed E-state index contributed by atoms with van der Waals surface area (Å²) in [4.78, 5) is 11.5. The highest BCUT2D eigenvalue weighted by atomic mass is 32.2. The fraction of sp³-hybridized carbons (Fsp3) is 0.290. The lowest BCUT2D eigenvalue weighted by molar-refractivity contribution is -0.137. The highest BCUT2D eigenvalue weighted by Crippen LogP contribution is 2.45. The van der Waals surface area contributed by atoms with Crippen LogP contribution in [-0.4, -0.2) is 33.2 Å². The molecule has 1 aliphatic carbocycles. The van der Waals surface area contributed by atoms with E-state index >= 15 is 4.39 Å². The summed E-state index contributed by atoms with van der Waals surface area (Å²) in [5.74, 6) is -0.0501. The molecule has 39 heavy (non-hydrogen) atoms. The molecule has 1 saturated carbocycles.